The van der Waals surface area contributed by atoms with Crippen LogP contribution in [0.2, 0.25) is 0 Å². The van der Waals surface area contributed by atoms with Gasteiger partial charge in [0.1, 0.15) is 17.8 Å². The Kier molecular flexibility index (Phi) is 5.21. The Bertz CT molecular complexity index is 1400. The van der Waals surface area contributed by atoms with Crippen molar-refractivity contribution in [2.75, 3.05) is 13.2 Å². The van der Waals surface area contributed by atoms with E-state index in [-0.39, 0.29) is 24.8 Å². The van der Waals surface area contributed by atoms with Crippen molar-refractivity contribution < 1.29 is 14.5 Å². The first-order chi connectivity index (χ1) is 16.1. The van der Waals surface area contributed by atoms with Crippen LogP contribution in [0.3, 0.4) is 0 Å². The highest BCUT2D eigenvalue weighted by Gasteiger charge is 2.28. The van der Waals surface area contributed by atoms with Crippen LogP contribution in [0.15, 0.2) is 66.7 Å². The van der Waals surface area contributed by atoms with Crippen LogP contribution in [0, 0.1) is 22.0 Å². The van der Waals surface area contributed by atoms with Gasteiger partial charge in [0.25, 0.3) is 5.69 Å². The highest BCUT2D eigenvalue weighted by molar-refractivity contribution is 5.85. The van der Waals surface area contributed by atoms with E-state index in [9.17, 15) is 14.9 Å². The normalized spacial score (nSPS) is 11.9. The zero-order valence-corrected chi connectivity index (χ0v) is 17.4. The number of alkyl carbamates (subject to hydrolysis) is 1. The molecule has 0 saturated heterocycles. The van der Waals surface area contributed by atoms with Crippen molar-refractivity contribution in [2.45, 2.75) is 5.92 Å². The first-order valence-electron chi connectivity index (χ1n) is 10.3. The van der Waals surface area contributed by atoms with E-state index in [1.165, 1.54) is 23.3 Å². The van der Waals surface area contributed by atoms with Crippen LogP contribution < -0.4 is 5.32 Å². The third-order valence-corrected chi connectivity index (χ3v) is 5.63. The number of amides is 1. The number of aromatic nitrogens is 2. The highest BCUT2D eigenvalue weighted by atomic mass is 16.6. The molecule has 1 aliphatic rings. The van der Waals surface area contributed by atoms with Crippen LogP contribution in [0.4, 0.5) is 10.5 Å². The van der Waals surface area contributed by atoms with E-state index >= 15 is 0 Å². The molecule has 8 nitrogen and oxygen atoms in total. The van der Waals surface area contributed by atoms with E-state index in [1.807, 2.05) is 24.3 Å². The summed E-state index contributed by atoms with van der Waals surface area (Å²) in [6.07, 6.45) is -0.545. The molecule has 0 bridgehead atoms. The van der Waals surface area contributed by atoms with E-state index in [1.54, 1.807) is 6.07 Å². The predicted molar refractivity (Wildman–Crippen MR) is 123 cm³/mol. The van der Waals surface area contributed by atoms with Crippen molar-refractivity contribution in [2.24, 2.45) is 0 Å². The molecule has 0 spiro atoms. The van der Waals surface area contributed by atoms with Crippen LogP contribution in [-0.4, -0.2) is 34.4 Å². The lowest BCUT2D eigenvalue weighted by molar-refractivity contribution is -0.384. The number of ether oxygens (including phenoxy) is 1. The number of hydrogen-bond donors (Lipinski definition) is 2. The first kappa shape index (κ1) is 20.3. The van der Waals surface area contributed by atoms with Crippen LogP contribution in [-0.2, 0) is 4.74 Å². The molecule has 0 atom stereocenters. The van der Waals surface area contributed by atoms with Crippen molar-refractivity contribution in [1.29, 1.82) is 0 Å². The number of carbonyl (C=O) groups excluding carboxylic acids is 1. The lowest BCUT2D eigenvalue weighted by Gasteiger charge is -2.14. The lowest BCUT2D eigenvalue weighted by Crippen LogP contribution is -2.26. The first-order valence-corrected chi connectivity index (χ1v) is 10.3. The van der Waals surface area contributed by atoms with Crippen molar-refractivity contribution in [3.63, 3.8) is 0 Å². The average Bonchev–Trinajstić information content (AvgIpc) is 3.39. The van der Waals surface area contributed by atoms with E-state index in [0.29, 0.717) is 16.6 Å². The number of nitrogens with one attached hydrogen (secondary N) is 2. The second kappa shape index (κ2) is 8.48. The van der Waals surface area contributed by atoms with Gasteiger partial charge < -0.3 is 10.1 Å². The molecule has 1 aliphatic carbocycles. The van der Waals surface area contributed by atoms with Gasteiger partial charge in [0.2, 0.25) is 0 Å². The fourth-order valence-electron chi connectivity index (χ4n) is 4.11. The molecule has 4 aromatic rings. The number of rotatable bonds is 4. The third kappa shape index (κ3) is 3.88. The Labute approximate surface area is 188 Å². The zero-order valence-electron chi connectivity index (χ0n) is 17.4. The van der Waals surface area contributed by atoms with Crippen LogP contribution in [0.1, 0.15) is 22.7 Å². The number of nitrogens with zero attached hydrogens (tertiary/aromatic N) is 2. The molecule has 1 aromatic heterocycles. The minimum atomic E-state index is -0.545. The van der Waals surface area contributed by atoms with Gasteiger partial charge in [-0.1, -0.05) is 54.5 Å². The average molecular weight is 438 g/mol. The van der Waals surface area contributed by atoms with Crippen LogP contribution in [0.5, 0.6) is 0 Å². The lowest BCUT2D eigenvalue weighted by atomic mass is 9.98. The van der Waals surface area contributed by atoms with Crippen LogP contribution in [0.25, 0.3) is 22.0 Å². The number of hydrogen-bond acceptors (Lipinski definition) is 5. The SMILES string of the molecule is O=C(NCC#Cc1[nH]nc2cc([N+](=O)[O-])ccc12)OCC1c2ccccc2-c2ccccc21. The topological polar surface area (TPSA) is 110 Å². The van der Waals surface area contributed by atoms with Gasteiger partial charge >= 0.3 is 6.09 Å². The second-order valence-corrected chi connectivity index (χ2v) is 7.54. The van der Waals surface area contributed by atoms with Crippen molar-refractivity contribution in [1.82, 2.24) is 15.5 Å². The molecule has 0 unspecified atom stereocenters. The molecule has 1 heterocycles. The molecule has 3 aromatic carbocycles. The molecular formula is C25H18N4O4. The number of aromatic amines is 1. The maximum absolute atomic E-state index is 12.2. The predicted octanol–water partition coefficient (Wildman–Crippen LogP) is 4.36. The van der Waals surface area contributed by atoms with Gasteiger partial charge in [-0.2, -0.15) is 5.10 Å². The summed E-state index contributed by atoms with van der Waals surface area (Å²) in [4.78, 5) is 22.6. The second-order valence-electron chi connectivity index (χ2n) is 7.54. The summed E-state index contributed by atoms with van der Waals surface area (Å²) in [5.41, 5.74) is 5.59. The smallest absolute Gasteiger partial charge is 0.407 e. The van der Waals surface area contributed by atoms with E-state index in [4.69, 9.17) is 4.74 Å². The summed E-state index contributed by atoms with van der Waals surface area (Å²) in [5, 5.41) is 21.0. The maximum atomic E-state index is 12.2. The molecular weight excluding hydrogens is 420 g/mol. The monoisotopic (exact) mass is 438 g/mol. The highest BCUT2D eigenvalue weighted by Crippen LogP contribution is 2.44. The van der Waals surface area contributed by atoms with Gasteiger partial charge in [0.05, 0.1) is 11.5 Å². The number of fused-ring (bicyclic) bond motifs is 4. The number of carbonyl (C=O) groups is 1. The molecule has 1 amide bonds. The standard InChI is InChI=1S/C25H18N4O4/c30-25(26-13-5-10-23-21-12-11-16(29(31)32)14-24(21)28-27-23)33-15-22-19-8-3-1-6-17(19)18-7-2-4-9-20(18)22/h1-4,6-9,11-12,14,22H,13,15H2,(H,26,30)(H,27,28). The molecule has 8 heteroatoms. The van der Waals surface area contributed by atoms with E-state index in [2.05, 4.69) is 51.6 Å². The summed E-state index contributed by atoms with van der Waals surface area (Å²) in [6, 6.07) is 20.7. The maximum Gasteiger partial charge on any atom is 0.407 e. The minimum Gasteiger partial charge on any atom is -0.449 e. The molecule has 0 radical (unpaired) electrons. The summed E-state index contributed by atoms with van der Waals surface area (Å²) >= 11 is 0. The Morgan fingerprint density at radius 1 is 1.09 bits per heavy atom. The number of non-ortho nitro benzene ring substituents is 1. The molecule has 0 fully saturated rings. The van der Waals surface area contributed by atoms with E-state index < -0.39 is 11.0 Å². The molecule has 33 heavy (non-hydrogen) atoms. The Morgan fingerprint density at radius 3 is 2.48 bits per heavy atom. The Balaban J connectivity index is 1.20. The number of H-pyrrole nitrogens is 1. The molecule has 2 N–H and O–H groups in total. The molecule has 5 rings (SSSR count). The largest absolute Gasteiger partial charge is 0.449 e. The van der Waals surface area contributed by atoms with Crippen LogP contribution >= 0.6 is 0 Å². The van der Waals surface area contributed by atoms with Crippen molar-refractivity contribution in [3.05, 3.63) is 93.7 Å². The third-order valence-electron chi connectivity index (χ3n) is 5.63. The van der Waals surface area contributed by atoms with Gasteiger partial charge in [-0.3, -0.25) is 15.2 Å². The van der Waals surface area contributed by atoms with Gasteiger partial charge in [-0.15, -0.1) is 0 Å². The zero-order chi connectivity index (χ0) is 22.8. The van der Waals surface area contributed by atoms with Gasteiger partial charge in [-0.25, -0.2) is 4.79 Å². The minimum absolute atomic E-state index is 0.00496. The fourth-order valence-corrected chi connectivity index (χ4v) is 4.11. The summed E-state index contributed by atoms with van der Waals surface area (Å²) in [6.45, 7) is 0.321. The van der Waals surface area contributed by atoms with Gasteiger partial charge in [-0.05, 0) is 34.2 Å². The number of nitro benzene ring substituents is 1. The molecule has 0 aliphatic heterocycles. The van der Waals surface area contributed by atoms with Crippen molar-refractivity contribution >= 4 is 22.7 Å². The van der Waals surface area contributed by atoms with E-state index in [0.717, 1.165) is 11.1 Å². The summed E-state index contributed by atoms with van der Waals surface area (Å²) in [5.74, 6) is 5.72. The Morgan fingerprint density at radius 2 is 1.79 bits per heavy atom. The molecule has 162 valence electrons. The van der Waals surface area contributed by atoms with Gasteiger partial charge in [0.15, 0.2) is 0 Å². The summed E-state index contributed by atoms with van der Waals surface area (Å²) < 4.78 is 5.48. The fraction of sp³-hybridized carbons (Fsp3) is 0.120. The number of nitro groups is 1. The summed E-state index contributed by atoms with van der Waals surface area (Å²) in [7, 11) is 0. The molecule has 0 saturated carbocycles. The van der Waals surface area contributed by atoms with Gasteiger partial charge in [0, 0.05) is 23.4 Å². The Hall–Kier alpha value is -4.64. The quantitative estimate of drug-likeness (QED) is 0.279. The van der Waals surface area contributed by atoms with Crippen molar-refractivity contribution in [3.8, 4) is 23.0 Å². The number of benzene rings is 3.